The molecule has 0 aliphatic heterocycles. The topological polar surface area (TPSA) is 24.9 Å². The first-order valence-corrected chi connectivity index (χ1v) is 7.78. The first kappa shape index (κ1) is 14.3. The third kappa shape index (κ3) is 2.86. The maximum absolute atomic E-state index is 4.25. The number of fused-ring (bicyclic) bond motifs is 1. The SMILES string of the molecule is Cc1ccncc1CNC1c2ccccc2CCC1(C)C. The Labute approximate surface area is 127 Å². The summed E-state index contributed by atoms with van der Waals surface area (Å²) < 4.78 is 0. The summed E-state index contributed by atoms with van der Waals surface area (Å²) in [6, 6.07) is 11.3. The molecule has 0 bridgehead atoms. The Balaban J connectivity index is 1.85. The van der Waals surface area contributed by atoms with E-state index in [0.717, 1.165) is 6.54 Å². The van der Waals surface area contributed by atoms with Crippen LogP contribution in [0.3, 0.4) is 0 Å². The fourth-order valence-electron chi connectivity index (χ4n) is 3.35. The molecule has 110 valence electrons. The van der Waals surface area contributed by atoms with E-state index in [-0.39, 0.29) is 5.41 Å². The lowest BCUT2D eigenvalue weighted by Gasteiger charge is -2.41. The zero-order chi connectivity index (χ0) is 14.9. The molecule has 1 N–H and O–H groups in total. The van der Waals surface area contributed by atoms with Gasteiger partial charge in [0.1, 0.15) is 0 Å². The lowest BCUT2D eigenvalue weighted by molar-refractivity contribution is 0.208. The van der Waals surface area contributed by atoms with Crippen molar-refractivity contribution in [3.05, 3.63) is 65.0 Å². The van der Waals surface area contributed by atoms with Gasteiger partial charge in [0.25, 0.3) is 0 Å². The van der Waals surface area contributed by atoms with Gasteiger partial charge in [0, 0.05) is 25.0 Å². The Bertz CT molecular complexity index is 631. The molecule has 2 aromatic rings. The van der Waals surface area contributed by atoms with E-state index >= 15 is 0 Å². The van der Waals surface area contributed by atoms with Gasteiger partial charge in [-0.3, -0.25) is 4.98 Å². The quantitative estimate of drug-likeness (QED) is 0.911. The minimum Gasteiger partial charge on any atom is -0.305 e. The van der Waals surface area contributed by atoms with Crippen LogP contribution in [-0.2, 0) is 13.0 Å². The first-order valence-electron chi connectivity index (χ1n) is 7.78. The number of pyridine rings is 1. The summed E-state index contributed by atoms with van der Waals surface area (Å²) in [4.78, 5) is 4.25. The second kappa shape index (κ2) is 5.61. The molecule has 1 unspecified atom stereocenters. The van der Waals surface area contributed by atoms with Crippen molar-refractivity contribution in [1.82, 2.24) is 10.3 Å². The standard InChI is InChI=1S/C19H24N2/c1-14-9-11-20-12-16(14)13-21-18-17-7-5-4-6-15(17)8-10-19(18,2)3/h4-7,9,11-12,18,21H,8,10,13H2,1-3H3. The number of benzene rings is 1. The van der Waals surface area contributed by atoms with Crippen molar-refractivity contribution in [3.63, 3.8) is 0 Å². The highest BCUT2D eigenvalue weighted by Crippen LogP contribution is 2.43. The van der Waals surface area contributed by atoms with Crippen LogP contribution in [0.2, 0.25) is 0 Å². The van der Waals surface area contributed by atoms with E-state index in [2.05, 4.69) is 61.4 Å². The van der Waals surface area contributed by atoms with Crippen molar-refractivity contribution in [3.8, 4) is 0 Å². The lowest BCUT2D eigenvalue weighted by Crippen LogP contribution is -2.38. The summed E-state index contributed by atoms with van der Waals surface area (Å²) in [5.41, 5.74) is 5.84. The molecule has 0 fully saturated rings. The minimum absolute atomic E-state index is 0.282. The van der Waals surface area contributed by atoms with E-state index in [1.807, 2.05) is 12.4 Å². The number of nitrogens with zero attached hydrogens (tertiary/aromatic N) is 1. The fourth-order valence-corrected chi connectivity index (χ4v) is 3.35. The van der Waals surface area contributed by atoms with Gasteiger partial charge in [-0.15, -0.1) is 0 Å². The molecule has 0 spiro atoms. The number of aromatic nitrogens is 1. The van der Waals surface area contributed by atoms with Gasteiger partial charge in [-0.2, -0.15) is 0 Å². The Hall–Kier alpha value is -1.67. The molecule has 3 rings (SSSR count). The third-order valence-electron chi connectivity index (χ3n) is 4.83. The summed E-state index contributed by atoms with van der Waals surface area (Å²) in [5, 5.41) is 3.79. The molecule has 0 amide bonds. The number of aryl methyl sites for hydroxylation is 2. The average Bonchev–Trinajstić information content (AvgIpc) is 2.47. The van der Waals surface area contributed by atoms with E-state index in [1.54, 1.807) is 0 Å². The number of hydrogen-bond acceptors (Lipinski definition) is 2. The molecule has 2 heteroatoms. The Morgan fingerprint density at radius 1 is 1.24 bits per heavy atom. The number of hydrogen-bond donors (Lipinski definition) is 1. The second-order valence-electron chi connectivity index (χ2n) is 6.80. The largest absolute Gasteiger partial charge is 0.305 e. The lowest BCUT2D eigenvalue weighted by atomic mass is 9.70. The van der Waals surface area contributed by atoms with Crippen molar-refractivity contribution in [2.24, 2.45) is 5.41 Å². The van der Waals surface area contributed by atoms with E-state index < -0.39 is 0 Å². The normalized spacial score (nSPS) is 20.0. The predicted molar refractivity (Wildman–Crippen MR) is 87.1 cm³/mol. The smallest absolute Gasteiger partial charge is 0.0377 e. The molecule has 1 aromatic heterocycles. The minimum atomic E-state index is 0.282. The van der Waals surface area contributed by atoms with Gasteiger partial charge < -0.3 is 5.32 Å². The van der Waals surface area contributed by atoms with E-state index in [0.29, 0.717) is 6.04 Å². The summed E-state index contributed by atoms with van der Waals surface area (Å²) in [5.74, 6) is 0. The Morgan fingerprint density at radius 3 is 2.86 bits per heavy atom. The van der Waals surface area contributed by atoms with Gasteiger partial charge >= 0.3 is 0 Å². The van der Waals surface area contributed by atoms with Crippen molar-refractivity contribution in [1.29, 1.82) is 0 Å². The van der Waals surface area contributed by atoms with Gasteiger partial charge in [0.2, 0.25) is 0 Å². The van der Waals surface area contributed by atoms with Crippen LogP contribution in [0.5, 0.6) is 0 Å². The molecule has 0 saturated heterocycles. The van der Waals surface area contributed by atoms with Crippen molar-refractivity contribution >= 4 is 0 Å². The van der Waals surface area contributed by atoms with Crippen LogP contribution in [0.4, 0.5) is 0 Å². The van der Waals surface area contributed by atoms with E-state index in [4.69, 9.17) is 0 Å². The van der Waals surface area contributed by atoms with Gasteiger partial charge in [-0.25, -0.2) is 0 Å². The molecule has 0 radical (unpaired) electrons. The summed E-state index contributed by atoms with van der Waals surface area (Å²) in [6.07, 6.45) is 6.25. The van der Waals surface area contributed by atoms with Gasteiger partial charge in [-0.05, 0) is 53.5 Å². The van der Waals surface area contributed by atoms with Crippen molar-refractivity contribution in [2.45, 2.75) is 46.2 Å². The van der Waals surface area contributed by atoms with E-state index in [9.17, 15) is 0 Å². The fraction of sp³-hybridized carbons (Fsp3) is 0.421. The van der Waals surface area contributed by atoms with Crippen LogP contribution in [0.25, 0.3) is 0 Å². The molecule has 1 aromatic carbocycles. The van der Waals surface area contributed by atoms with Crippen LogP contribution in [0, 0.1) is 12.3 Å². The highest BCUT2D eigenvalue weighted by molar-refractivity contribution is 5.34. The molecule has 21 heavy (non-hydrogen) atoms. The van der Waals surface area contributed by atoms with Crippen LogP contribution < -0.4 is 5.32 Å². The molecule has 1 aliphatic carbocycles. The average molecular weight is 280 g/mol. The predicted octanol–water partition coefficient (Wildman–Crippen LogP) is 4.19. The zero-order valence-electron chi connectivity index (χ0n) is 13.2. The number of rotatable bonds is 3. The second-order valence-corrected chi connectivity index (χ2v) is 6.80. The Kier molecular flexibility index (Phi) is 3.81. The summed E-state index contributed by atoms with van der Waals surface area (Å²) in [7, 11) is 0. The molecule has 1 atom stereocenters. The zero-order valence-corrected chi connectivity index (χ0v) is 13.2. The van der Waals surface area contributed by atoms with Crippen LogP contribution in [-0.4, -0.2) is 4.98 Å². The highest BCUT2D eigenvalue weighted by Gasteiger charge is 2.35. The summed E-state index contributed by atoms with van der Waals surface area (Å²) >= 11 is 0. The molecule has 1 aliphatic rings. The maximum Gasteiger partial charge on any atom is 0.0377 e. The van der Waals surface area contributed by atoms with Crippen molar-refractivity contribution < 1.29 is 0 Å². The van der Waals surface area contributed by atoms with Crippen LogP contribution in [0.15, 0.2) is 42.7 Å². The van der Waals surface area contributed by atoms with Gasteiger partial charge in [0.05, 0.1) is 0 Å². The first-order chi connectivity index (χ1) is 10.1. The highest BCUT2D eigenvalue weighted by atomic mass is 14.9. The van der Waals surface area contributed by atoms with Crippen LogP contribution in [0.1, 0.15) is 48.6 Å². The molecule has 0 saturated carbocycles. The molecule has 2 nitrogen and oxygen atoms in total. The van der Waals surface area contributed by atoms with Gasteiger partial charge in [-0.1, -0.05) is 38.1 Å². The third-order valence-corrected chi connectivity index (χ3v) is 4.83. The maximum atomic E-state index is 4.25. The monoisotopic (exact) mass is 280 g/mol. The van der Waals surface area contributed by atoms with Gasteiger partial charge in [0.15, 0.2) is 0 Å². The molecular formula is C19H24N2. The van der Waals surface area contributed by atoms with E-state index in [1.165, 1.54) is 35.1 Å². The Morgan fingerprint density at radius 2 is 2.05 bits per heavy atom. The number of nitrogens with one attached hydrogen (secondary N) is 1. The molecular weight excluding hydrogens is 256 g/mol. The molecule has 1 heterocycles. The van der Waals surface area contributed by atoms with Crippen LogP contribution >= 0.6 is 0 Å². The summed E-state index contributed by atoms with van der Waals surface area (Å²) in [6.45, 7) is 7.77. The van der Waals surface area contributed by atoms with Crippen molar-refractivity contribution in [2.75, 3.05) is 0 Å².